The van der Waals surface area contributed by atoms with Crippen molar-refractivity contribution in [1.82, 2.24) is 10.2 Å². The Bertz CT molecular complexity index is 362. The van der Waals surface area contributed by atoms with Gasteiger partial charge in [-0.1, -0.05) is 0 Å². The minimum absolute atomic E-state index is 0.0884. The monoisotopic (exact) mass is 288 g/mol. The number of nitrogens with zero attached hydrogens (tertiary/aromatic N) is 1. The van der Waals surface area contributed by atoms with E-state index in [-0.39, 0.29) is 18.9 Å². The summed E-state index contributed by atoms with van der Waals surface area (Å²) in [4.78, 5) is 35.7. The topological polar surface area (TPSA) is 84.9 Å². The third-order valence-electron chi connectivity index (χ3n) is 2.50. The summed E-state index contributed by atoms with van der Waals surface area (Å²) in [7, 11) is 2.77. The number of esters is 1. The van der Waals surface area contributed by atoms with Crippen LogP contribution in [0.5, 0.6) is 0 Å². The SMILES string of the molecule is COC(=O)CCNC(=O)[C@H](C)N(C)C(=O)OC(C)(C)C. The number of nitrogens with one attached hydrogen (secondary N) is 1. The molecule has 1 N–H and O–H groups in total. The number of amides is 2. The molecule has 0 aliphatic carbocycles. The fourth-order valence-corrected chi connectivity index (χ4v) is 1.21. The van der Waals surface area contributed by atoms with Gasteiger partial charge in [-0.3, -0.25) is 14.5 Å². The van der Waals surface area contributed by atoms with E-state index < -0.39 is 23.7 Å². The zero-order valence-corrected chi connectivity index (χ0v) is 13.0. The van der Waals surface area contributed by atoms with Crippen LogP contribution in [0.15, 0.2) is 0 Å². The summed E-state index contributed by atoms with van der Waals surface area (Å²) in [6.45, 7) is 6.99. The van der Waals surface area contributed by atoms with Crippen molar-refractivity contribution in [1.29, 1.82) is 0 Å². The Balaban J connectivity index is 4.29. The van der Waals surface area contributed by atoms with Crippen LogP contribution in [0.4, 0.5) is 4.79 Å². The molecule has 116 valence electrons. The van der Waals surface area contributed by atoms with Crippen LogP contribution in [0, 0.1) is 0 Å². The fourth-order valence-electron chi connectivity index (χ4n) is 1.21. The quantitative estimate of drug-likeness (QED) is 0.760. The molecular formula is C13H24N2O5. The molecule has 0 aromatic carbocycles. The lowest BCUT2D eigenvalue weighted by molar-refractivity contribution is -0.140. The van der Waals surface area contributed by atoms with E-state index in [4.69, 9.17) is 4.74 Å². The molecule has 0 fully saturated rings. The number of hydrogen-bond acceptors (Lipinski definition) is 5. The lowest BCUT2D eigenvalue weighted by Gasteiger charge is -2.28. The number of hydrogen-bond donors (Lipinski definition) is 1. The van der Waals surface area contributed by atoms with Gasteiger partial charge in [-0.2, -0.15) is 0 Å². The normalized spacial score (nSPS) is 12.3. The van der Waals surface area contributed by atoms with Gasteiger partial charge < -0.3 is 14.8 Å². The van der Waals surface area contributed by atoms with Crippen molar-refractivity contribution in [2.75, 3.05) is 20.7 Å². The van der Waals surface area contributed by atoms with Gasteiger partial charge in [0.2, 0.25) is 5.91 Å². The second-order valence-electron chi connectivity index (χ2n) is 5.38. The van der Waals surface area contributed by atoms with Gasteiger partial charge in [0, 0.05) is 13.6 Å². The van der Waals surface area contributed by atoms with E-state index in [1.54, 1.807) is 27.7 Å². The van der Waals surface area contributed by atoms with E-state index in [1.807, 2.05) is 0 Å². The highest BCUT2D eigenvalue weighted by Gasteiger charge is 2.26. The molecule has 1 atom stereocenters. The van der Waals surface area contributed by atoms with Gasteiger partial charge in [0.15, 0.2) is 0 Å². The first-order chi connectivity index (χ1) is 9.08. The third-order valence-corrected chi connectivity index (χ3v) is 2.50. The number of methoxy groups -OCH3 is 1. The van der Waals surface area contributed by atoms with E-state index in [2.05, 4.69) is 10.1 Å². The molecule has 0 unspecified atom stereocenters. The Morgan fingerprint density at radius 2 is 1.80 bits per heavy atom. The molecule has 0 bridgehead atoms. The largest absolute Gasteiger partial charge is 0.469 e. The van der Waals surface area contributed by atoms with Crippen molar-refractivity contribution < 1.29 is 23.9 Å². The van der Waals surface area contributed by atoms with Crippen molar-refractivity contribution >= 4 is 18.0 Å². The predicted octanol–water partition coefficient (Wildman–Crippen LogP) is 0.921. The number of carbonyl (C=O) groups is 3. The molecule has 0 aromatic rings. The van der Waals surface area contributed by atoms with Gasteiger partial charge in [-0.15, -0.1) is 0 Å². The molecule has 7 heteroatoms. The molecule has 0 saturated heterocycles. The first-order valence-corrected chi connectivity index (χ1v) is 6.39. The minimum atomic E-state index is -0.692. The highest BCUT2D eigenvalue weighted by atomic mass is 16.6. The van der Waals surface area contributed by atoms with Crippen LogP contribution in [-0.4, -0.2) is 55.2 Å². The van der Waals surface area contributed by atoms with E-state index in [0.717, 1.165) is 0 Å². The number of carbonyl (C=O) groups excluding carboxylic acids is 3. The first-order valence-electron chi connectivity index (χ1n) is 6.39. The second-order valence-corrected chi connectivity index (χ2v) is 5.38. The van der Waals surface area contributed by atoms with Crippen molar-refractivity contribution in [2.24, 2.45) is 0 Å². The standard InChI is InChI=1S/C13H24N2O5/c1-9(11(17)14-8-7-10(16)19-6)15(5)12(18)20-13(2,3)4/h9H,7-8H2,1-6H3,(H,14,17)/t9-/m0/s1. The van der Waals surface area contributed by atoms with Crippen LogP contribution in [0.1, 0.15) is 34.1 Å². The third kappa shape index (κ3) is 6.96. The molecule has 0 aliphatic heterocycles. The molecule has 0 saturated carbocycles. The average molecular weight is 288 g/mol. The maximum absolute atomic E-state index is 11.8. The molecule has 0 aliphatic rings. The highest BCUT2D eigenvalue weighted by Crippen LogP contribution is 2.10. The second kappa shape index (κ2) is 7.72. The zero-order valence-electron chi connectivity index (χ0n) is 13.0. The number of likely N-dealkylation sites (N-methyl/N-ethyl adjacent to an activating group) is 1. The Morgan fingerprint density at radius 3 is 2.25 bits per heavy atom. The van der Waals surface area contributed by atoms with E-state index >= 15 is 0 Å². The molecule has 0 spiro atoms. The summed E-state index contributed by atoms with van der Waals surface area (Å²) in [6.07, 6.45) is -0.487. The molecule has 0 heterocycles. The summed E-state index contributed by atoms with van der Waals surface area (Å²) in [5.74, 6) is -0.763. The smallest absolute Gasteiger partial charge is 0.410 e. The minimum Gasteiger partial charge on any atom is -0.469 e. The Hall–Kier alpha value is -1.79. The summed E-state index contributed by atoms with van der Waals surface area (Å²) in [5.41, 5.74) is -0.619. The number of ether oxygens (including phenoxy) is 2. The van der Waals surface area contributed by atoms with Gasteiger partial charge >= 0.3 is 12.1 Å². The summed E-state index contributed by atoms with van der Waals surface area (Å²) in [6, 6.07) is -0.692. The first kappa shape index (κ1) is 18.2. The van der Waals surface area contributed by atoms with E-state index in [9.17, 15) is 14.4 Å². The van der Waals surface area contributed by atoms with Gasteiger partial charge in [-0.25, -0.2) is 4.79 Å². The van der Waals surface area contributed by atoms with Crippen molar-refractivity contribution in [3.8, 4) is 0 Å². The Labute approximate surface area is 119 Å². The molecule has 0 rings (SSSR count). The molecule has 20 heavy (non-hydrogen) atoms. The maximum atomic E-state index is 11.8. The lowest BCUT2D eigenvalue weighted by Crippen LogP contribution is -2.47. The summed E-state index contributed by atoms with van der Waals surface area (Å²) < 4.78 is 9.62. The highest BCUT2D eigenvalue weighted by molar-refractivity contribution is 5.85. The molecule has 0 radical (unpaired) electrons. The molecule has 0 aromatic heterocycles. The average Bonchev–Trinajstić information content (AvgIpc) is 2.34. The Morgan fingerprint density at radius 1 is 1.25 bits per heavy atom. The summed E-state index contributed by atoms with van der Waals surface area (Å²) in [5, 5.41) is 2.56. The van der Waals surface area contributed by atoms with E-state index in [1.165, 1.54) is 19.1 Å². The van der Waals surface area contributed by atoms with Crippen LogP contribution in [0.2, 0.25) is 0 Å². The zero-order chi connectivity index (χ0) is 15.9. The van der Waals surface area contributed by atoms with Crippen molar-refractivity contribution in [3.05, 3.63) is 0 Å². The molecule has 2 amide bonds. The fraction of sp³-hybridized carbons (Fsp3) is 0.769. The Kier molecular flexibility index (Phi) is 7.02. The predicted molar refractivity (Wildman–Crippen MR) is 73.1 cm³/mol. The van der Waals surface area contributed by atoms with Crippen LogP contribution in [-0.2, 0) is 19.1 Å². The van der Waals surface area contributed by atoms with E-state index in [0.29, 0.717) is 0 Å². The van der Waals surface area contributed by atoms with Crippen LogP contribution >= 0.6 is 0 Å². The van der Waals surface area contributed by atoms with Gasteiger partial charge in [0.25, 0.3) is 0 Å². The maximum Gasteiger partial charge on any atom is 0.410 e. The molecule has 7 nitrogen and oxygen atoms in total. The van der Waals surface area contributed by atoms with Crippen LogP contribution in [0.25, 0.3) is 0 Å². The summed E-state index contributed by atoms with van der Waals surface area (Å²) >= 11 is 0. The van der Waals surface area contributed by atoms with Gasteiger partial charge in [-0.05, 0) is 27.7 Å². The lowest BCUT2D eigenvalue weighted by atomic mass is 10.2. The van der Waals surface area contributed by atoms with Crippen LogP contribution in [0.3, 0.4) is 0 Å². The van der Waals surface area contributed by atoms with Gasteiger partial charge in [0.05, 0.1) is 13.5 Å². The van der Waals surface area contributed by atoms with Crippen LogP contribution < -0.4 is 5.32 Å². The van der Waals surface area contributed by atoms with Crippen molar-refractivity contribution in [3.63, 3.8) is 0 Å². The number of rotatable bonds is 5. The van der Waals surface area contributed by atoms with Gasteiger partial charge in [0.1, 0.15) is 11.6 Å². The van der Waals surface area contributed by atoms with Crippen molar-refractivity contribution in [2.45, 2.75) is 45.8 Å². The molecular weight excluding hydrogens is 264 g/mol.